The summed E-state index contributed by atoms with van der Waals surface area (Å²) in [7, 11) is 0. The maximum absolute atomic E-state index is 6.00. The summed E-state index contributed by atoms with van der Waals surface area (Å²) in [4.78, 5) is 2.67. The maximum atomic E-state index is 6.00. The fourth-order valence-electron chi connectivity index (χ4n) is 4.69. The summed E-state index contributed by atoms with van der Waals surface area (Å²) in [5.41, 5.74) is 3.11. The van der Waals surface area contributed by atoms with Crippen molar-refractivity contribution in [2.24, 2.45) is 5.92 Å². The molecule has 0 bridgehead atoms. The van der Waals surface area contributed by atoms with E-state index in [9.17, 15) is 0 Å². The van der Waals surface area contributed by atoms with Crippen LogP contribution in [0.1, 0.15) is 77.8 Å². The lowest BCUT2D eigenvalue weighted by molar-refractivity contribution is -0.0713. The Kier molecular flexibility index (Phi) is 6.45. The summed E-state index contributed by atoms with van der Waals surface area (Å²) in [6, 6.07) is 11.1. The number of hydrogen-bond donors (Lipinski definition) is 0. The molecule has 2 nitrogen and oxygen atoms in total. The van der Waals surface area contributed by atoms with Gasteiger partial charge in [0, 0.05) is 19.1 Å². The van der Waals surface area contributed by atoms with Crippen molar-refractivity contribution in [3.05, 3.63) is 41.4 Å². The predicted molar refractivity (Wildman–Crippen MR) is 110 cm³/mol. The fraction of sp³-hybridized carbons (Fsp3) is 0.708. The first-order valence-corrected chi connectivity index (χ1v) is 10.7. The van der Waals surface area contributed by atoms with Crippen LogP contribution >= 0.6 is 0 Å². The van der Waals surface area contributed by atoms with Crippen molar-refractivity contribution in [3.8, 4) is 0 Å². The summed E-state index contributed by atoms with van der Waals surface area (Å²) < 4.78 is 6.00. The first-order valence-electron chi connectivity index (χ1n) is 10.7. The van der Waals surface area contributed by atoms with Crippen molar-refractivity contribution in [2.75, 3.05) is 13.1 Å². The molecule has 1 aromatic rings. The molecule has 1 aliphatic carbocycles. The van der Waals surface area contributed by atoms with Gasteiger partial charge in [-0.05, 0) is 55.6 Å². The quantitative estimate of drug-likeness (QED) is 0.681. The average molecular weight is 357 g/mol. The molecule has 26 heavy (non-hydrogen) atoms. The lowest BCUT2D eigenvalue weighted by Gasteiger charge is -2.43. The van der Waals surface area contributed by atoms with Gasteiger partial charge in [-0.25, -0.2) is 0 Å². The van der Waals surface area contributed by atoms with Crippen LogP contribution in [0.5, 0.6) is 0 Å². The van der Waals surface area contributed by atoms with E-state index in [0.717, 1.165) is 25.4 Å². The predicted octanol–water partition coefficient (Wildman–Crippen LogP) is 5.75. The van der Waals surface area contributed by atoms with Crippen LogP contribution in [0.4, 0.5) is 0 Å². The molecule has 145 valence electrons. The average Bonchev–Trinajstić information content (AvgIpc) is 2.59. The van der Waals surface area contributed by atoms with Gasteiger partial charge in [0.2, 0.25) is 0 Å². The molecule has 1 aliphatic heterocycles. The molecular formula is C24H38NO. The third kappa shape index (κ3) is 5.10. The number of nitrogens with zero attached hydrogens (tertiary/aromatic N) is 1. The monoisotopic (exact) mass is 356 g/mol. The number of benzene rings is 1. The molecule has 0 N–H and O–H groups in total. The number of morpholine rings is 1. The lowest BCUT2D eigenvalue weighted by Crippen LogP contribution is -2.49. The smallest absolute Gasteiger partial charge is 0.0678 e. The summed E-state index contributed by atoms with van der Waals surface area (Å²) in [5.74, 6) is 0.767. The molecule has 1 saturated heterocycles. The molecule has 1 radical (unpaired) electrons. The van der Waals surface area contributed by atoms with Crippen LogP contribution in [0.25, 0.3) is 0 Å². The van der Waals surface area contributed by atoms with Crippen molar-refractivity contribution >= 4 is 0 Å². The minimum atomic E-state index is 0.226. The van der Waals surface area contributed by atoms with Gasteiger partial charge in [0.15, 0.2) is 0 Å². The van der Waals surface area contributed by atoms with Crippen molar-refractivity contribution in [1.29, 1.82) is 0 Å². The van der Waals surface area contributed by atoms with Crippen LogP contribution in [-0.2, 0) is 16.6 Å². The molecule has 3 rings (SSSR count). The second-order valence-electron chi connectivity index (χ2n) is 9.61. The van der Waals surface area contributed by atoms with Crippen LogP contribution in [0.2, 0.25) is 0 Å². The molecule has 2 heteroatoms. The Morgan fingerprint density at radius 3 is 2.08 bits per heavy atom. The van der Waals surface area contributed by atoms with Crippen LogP contribution in [-0.4, -0.2) is 30.2 Å². The zero-order chi connectivity index (χ0) is 18.7. The number of hydrogen-bond acceptors (Lipinski definition) is 2. The van der Waals surface area contributed by atoms with Crippen molar-refractivity contribution in [3.63, 3.8) is 0 Å². The van der Waals surface area contributed by atoms with Gasteiger partial charge in [0.05, 0.1) is 12.2 Å². The van der Waals surface area contributed by atoms with E-state index in [4.69, 9.17) is 4.74 Å². The van der Waals surface area contributed by atoms with Crippen LogP contribution < -0.4 is 0 Å². The van der Waals surface area contributed by atoms with Gasteiger partial charge in [-0.1, -0.05) is 64.3 Å². The molecule has 2 atom stereocenters. The maximum Gasteiger partial charge on any atom is 0.0678 e. The largest absolute Gasteiger partial charge is 0.373 e. The van der Waals surface area contributed by atoms with E-state index >= 15 is 0 Å². The fourth-order valence-corrected chi connectivity index (χ4v) is 4.69. The van der Waals surface area contributed by atoms with Crippen molar-refractivity contribution < 1.29 is 4.74 Å². The number of rotatable bonds is 4. The van der Waals surface area contributed by atoms with Crippen LogP contribution in [0.3, 0.4) is 0 Å². The van der Waals surface area contributed by atoms with Gasteiger partial charge in [0.25, 0.3) is 0 Å². The summed E-state index contributed by atoms with van der Waals surface area (Å²) in [6.45, 7) is 13.4. The van der Waals surface area contributed by atoms with Gasteiger partial charge < -0.3 is 4.74 Å². The molecule has 0 amide bonds. The summed E-state index contributed by atoms with van der Waals surface area (Å²) in [5, 5.41) is 0. The molecule has 1 saturated carbocycles. The highest BCUT2D eigenvalue weighted by atomic mass is 16.5. The van der Waals surface area contributed by atoms with Crippen LogP contribution in [0, 0.1) is 12.0 Å². The first-order chi connectivity index (χ1) is 12.3. The second-order valence-corrected chi connectivity index (χ2v) is 9.61. The van der Waals surface area contributed by atoms with Crippen molar-refractivity contribution in [1.82, 2.24) is 4.90 Å². The Hall–Kier alpha value is -0.860. The van der Waals surface area contributed by atoms with E-state index in [2.05, 4.69) is 63.8 Å². The van der Waals surface area contributed by atoms with Gasteiger partial charge in [-0.2, -0.15) is 0 Å². The molecule has 0 spiro atoms. The third-order valence-electron chi connectivity index (χ3n) is 6.11. The number of ether oxygens (including phenoxy) is 1. The van der Waals surface area contributed by atoms with Gasteiger partial charge >= 0.3 is 0 Å². The minimum absolute atomic E-state index is 0.226. The zero-order valence-corrected chi connectivity index (χ0v) is 17.6. The van der Waals surface area contributed by atoms with Gasteiger partial charge in [0.1, 0.15) is 0 Å². The molecule has 2 aliphatic rings. The molecular weight excluding hydrogens is 318 g/mol. The Balaban J connectivity index is 1.76. The normalized spacial score (nSPS) is 26.4. The first kappa shape index (κ1) is 19.9. The minimum Gasteiger partial charge on any atom is -0.373 e. The third-order valence-corrected chi connectivity index (χ3v) is 6.11. The molecule has 2 fully saturated rings. The molecule has 0 unspecified atom stereocenters. The lowest BCUT2D eigenvalue weighted by atomic mass is 9.80. The highest BCUT2D eigenvalue weighted by molar-refractivity contribution is 5.29. The van der Waals surface area contributed by atoms with E-state index in [-0.39, 0.29) is 5.41 Å². The molecule has 1 aromatic carbocycles. The molecule has 1 heterocycles. The SMILES string of the molecule is C[C@@H]1CN([C](Cc2ccc(C(C)(C)C)cc2)C2CCCCC2)C[C@H](C)O1. The zero-order valence-electron chi connectivity index (χ0n) is 17.6. The highest BCUT2D eigenvalue weighted by Crippen LogP contribution is 2.37. The standard InChI is InChI=1S/C24H38NO/c1-18-16-25(17-19(2)26-18)23(21-9-7-6-8-10-21)15-20-11-13-22(14-12-20)24(3,4)5/h11-14,18-19,21H,6-10,15-17H2,1-5H3/t18-,19+. The van der Waals surface area contributed by atoms with E-state index in [0.29, 0.717) is 12.2 Å². The highest BCUT2D eigenvalue weighted by Gasteiger charge is 2.34. The van der Waals surface area contributed by atoms with Crippen LogP contribution in [0.15, 0.2) is 24.3 Å². The Morgan fingerprint density at radius 1 is 0.962 bits per heavy atom. The van der Waals surface area contributed by atoms with Gasteiger partial charge in [-0.3, -0.25) is 4.90 Å². The van der Waals surface area contributed by atoms with Crippen molar-refractivity contribution in [2.45, 2.75) is 90.8 Å². The van der Waals surface area contributed by atoms with E-state index in [1.165, 1.54) is 43.2 Å². The second kappa shape index (κ2) is 8.44. The van der Waals surface area contributed by atoms with E-state index < -0.39 is 0 Å². The van der Waals surface area contributed by atoms with E-state index in [1.807, 2.05) is 0 Å². The Labute approximate surface area is 161 Å². The summed E-state index contributed by atoms with van der Waals surface area (Å²) in [6.07, 6.45) is 8.72. The summed E-state index contributed by atoms with van der Waals surface area (Å²) >= 11 is 0. The Morgan fingerprint density at radius 2 is 1.54 bits per heavy atom. The van der Waals surface area contributed by atoms with E-state index in [1.54, 1.807) is 6.04 Å². The Bertz CT molecular complexity index is 543. The molecule has 0 aromatic heterocycles. The topological polar surface area (TPSA) is 12.5 Å². The van der Waals surface area contributed by atoms with Gasteiger partial charge in [-0.15, -0.1) is 0 Å².